The molecule has 0 aliphatic heterocycles. The van der Waals surface area contributed by atoms with E-state index in [0.29, 0.717) is 18.0 Å². The zero-order chi connectivity index (χ0) is 19.2. The van der Waals surface area contributed by atoms with Crippen LogP contribution < -0.4 is 10.0 Å². The van der Waals surface area contributed by atoms with Crippen molar-refractivity contribution in [3.63, 3.8) is 0 Å². The third kappa shape index (κ3) is 7.13. The Morgan fingerprint density at radius 2 is 1.88 bits per heavy atom. The molecule has 1 saturated carbocycles. The number of benzene rings is 1. The fourth-order valence-electron chi connectivity index (χ4n) is 3.10. The summed E-state index contributed by atoms with van der Waals surface area (Å²) in [5.74, 6) is -1.52. The predicted molar refractivity (Wildman–Crippen MR) is 99.4 cm³/mol. The van der Waals surface area contributed by atoms with E-state index in [2.05, 4.69) is 17.0 Å². The molecule has 0 heterocycles. The molecule has 1 amide bonds. The lowest BCUT2D eigenvalue weighted by Gasteiger charge is -2.26. The molecule has 26 heavy (non-hydrogen) atoms. The standard InChI is InChI=1S/C18H26N2O5S/c1-13-5-8-15(9-6-13)20-26(24,25)12-17(21)19-16-4-2-3-14(11-16)7-10-18(22)23/h2-4,11,13,15,20H,5-10,12H2,1H3,(H,19,21)(H,22,23). The monoisotopic (exact) mass is 382 g/mol. The zero-order valence-electron chi connectivity index (χ0n) is 14.9. The maximum Gasteiger partial charge on any atom is 0.303 e. The van der Waals surface area contributed by atoms with E-state index < -0.39 is 27.7 Å². The number of anilines is 1. The Labute approximate surface area is 154 Å². The molecule has 1 aromatic rings. The molecule has 3 N–H and O–H groups in total. The molecule has 8 heteroatoms. The topological polar surface area (TPSA) is 113 Å². The van der Waals surface area contributed by atoms with Crippen LogP contribution in [0.25, 0.3) is 0 Å². The van der Waals surface area contributed by atoms with E-state index in [1.54, 1.807) is 24.3 Å². The van der Waals surface area contributed by atoms with E-state index in [0.717, 1.165) is 31.2 Å². The molecule has 0 saturated heterocycles. The zero-order valence-corrected chi connectivity index (χ0v) is 15.7. The van der Waals surface area contributed by atoms with Gasteiger partial charge in [-0.05, 0) is 55.7 Å². The number of rotatable bonds is 8. The summed E-state index contributed by atoms with van der Waals surface area (Å²) in [4.78, 5) is 22.7. The second-order valence-corrected chi connectivity index (χ2v) is 8.73. The van der Waals surface area contributed by atoms with Crippen molar-refractivity contribution in [3.8, 4) is 0 Å². The minimum atomic E-state index is -3.69. The van der Waals surface area contributed by atoms with Crippen molar-refractivity contribution in [1.29, 1.82) is 0 Å². The summed E-state index contributed by atoms with van der Waals surface area (Å²) in [6.07, 6.45) is 3.92. The maximum atomic E-state index is 12.2. The Morgan fingerprint density at radius 3 is 2.54 bits per heavy atom. The third-order valence-electron chi connectivity index (χ3n) is 4.52. The molecule has 0 unspecified atom stereocenters. The van der Waals surface area contributed by atoms with E-state index in [4.69, 9.17) is 5.11 Å². The van der Waals surface area contributed by atoms with Gasteiger partial charge in [0.25, 0.3) is 0 Å². The molecule has 1 fully saturated rings. The molecule has 7 nitrogen and oxygen atoms in total. The molecule has 144 valence electrons. The highest BCUT2D eigenvalue weighted by Crippen LogP contribution is 2.23. The number of hydrogen-bond acceptors (Lipinski definition) is 4. The molecule has 1 aliphatic carbocycles. The first-order valence-corrected chi connectivity index (χ1v) is 10.5. The SMILES string of the molecule is CC1CCC(NS(=O)(=O)CC(=O)Nc2cccc(CCC(=O)O)c2)CC1. The summed E-state index contributed by atoms with van der Waals surface area (Å²) in [6.45, 7) is 2.16. The van der Waals surface area contributed by atoms with Gasteiger partial charge in [0.05, 0.1) is 0 Å². The van der Waals surface area contributed by atoms with Gasteiger partial charge in [-0.1, -0.05) is 19.1 Å². The second kappa shape index (κ2) is 9.14. The number of nitrogens with one attached hydrogen (secondary N) is 2. The number of aryl methyl sites for hydroxylation is 1. The Kier molecular flexibility index (Phi) is 7.16. The summed E-state index contributed by atoms with van der Waals surface area (Å²) in [7, 11) is -3.69. The average molecular weight is 382 g/mol. The van der Waals surface area contributed by atoms with Crippen LogP contribution in [0.4, 0.5) is 5.69 Å². The molecule has 1 aliphatic rings. The summed E-state index contributed by atoms with van der Waals surface area (Å²) < 4.78 is 27.0. The van der Waals surface area contributed by atoms with Crippen LogP contribution in [0, 0.1) is 5.92 Å². The normalized spacial score (nSPS) is 20.5. The second-order valence-electron chi connectivity index (χ2n) is 6.98. The van der Waals surface area contributed by atoms with Crippen molar-refractivity contribution in [3.05, 3.63) is 29.8 Å². The average Bonchev–Trinajstić information content (AvgIpc) is 2.54. The van der Waals surface area contributed by atoms with Gasteiger partial charge in [0.2, 0.25) is 15.9 Å². The molecular formula is C18H26N2O5S. The number of carbonyl (C=O) groups excluding carboxylic acids is 1. The van der Waals surface area contributed by atoms with Crippen molar-refractivity contribution in [2.75, 3.05) is 11.1 Å². The molecule has 0 radical (unpaired) electrons. The van der Waals surface area contributed by atoms with E-state index in [9.17, 15) is 18.0 Å². The Bertz CT molecular complexity index is 740. The lowest BCUT2D eigenvalue weighted by Crippen LogP contribution is -2.41. The Balaban J connectivity index is 1.87. The van der Waals surface area contributed by atoms with Crippen LogP contribution in [0.15, 0.2) is 24.3 Å². The Morgan fingerprint density at radius 1 is 1.19 bits per heavy atom. The fourth-order valence-corrected chi connectivity index (χ4v) is 4.34. The van der Waals surface area contributed by atoms with Crippen LogP contribution in [0.5, 0.6) is 0 Å². The maximum absolute atomic E-state index is 12.2. The van der Waals surface area contributed by atoms with Gasteiger partial charge in [0.15, 0.2) is 0 Å². The first-order valence-electron chi connectivity index (χ1n) is 8.84. The van der Waals surface area contributed by atoms with E-state index in [-0.39, 0.29) is 12.5 Å². The number of sulfonamides is 1. The van der Waals surface area contributed by atoms with Crippen LogP contribution in [0.1, 0.15) is 44.6 Å². The lowest BCUT2D eigenvalue weighted by atomic mass is 9.88. The largest absolute Gasteiger partial charge is 0.481 e. The van der Waals surface area contributed by atoms with E-state index >= 15 is 0 Å². The summed E-state index contributed by atoms with van der Waals surface area (Å²) in [5, 5.41) is 11.3. The van der Waals surface area contributed by atoms with Gasteiger partial charge < -0.3 is 10.4 Å². The van der Waals surface area contributed by atoms with Crippen molar-refractivity contribution in [2.45, 2.75) is 51.5 Å². The number of carboxylic acids is 1. The summed E-state index contributed by atoms with van der Waals surface area (Å²) >= 11 is 0. The first kappa shape index (κ1) is 20.4. The van der Waals surface area contributed by atoms with Gasteiger partial charge in [-0.2, -0.15) is 0 Å². The highest BCUT2D eigenvalue weighted by Gasteiger charge is 2.24. The Hall–Kier alpha value is -1.93. The van der Waals surface area contributed by atoms with Gasteiger partial charge in [-0.25, -0.2) is 13.1 Å². The van der Waals surface area contributed by atoms with Crippen LogP contribution in [0.3, 0.4) is 0 Å². The smallest absolute Gasteiger partial charge is 0.303 e. The lowest BCUT2D eigenvalue weighted by molar-refractivity contribution is -0.137. The van der Waals surface area contributed by atoms with Gasteiger partial charge in [-0.3, -0.25) is 9.59 Å². The summed E-state index contributed by atoms with van der Waals surface area (Å²) in [5.41, 5.74) is 1.22. The number of hydrogen-bond donors (Lipinski definition) is 3. The van der Waals surface area contributed by atoms with Crippen molar-refractivity contribution in [1.82, 2.24) is 4.72 Å². The van der Waals surface area contributed by atoms with Gasteiger partial charge in [-0.15, -0.1) is 0 Å². The van der Waals surface area contributed by atoms with Crippen LogP contribution >= 0.6 is 0 Å². The van der Waals surface area contributed by atoms with Crippen molar-refractivity contribution < 1.29 is 23.1 Å². The number of amides is 1. The molecular weight excluding hydrogens is 356 g/mol. The minimum Gasteiger partial charge on any atom is -0.481 e. The number of carboxylic acid groups (broad SMARTS) is 1. The van der Waals surface area contributed by atoms with E-state index in [1.807, 2.05) is 0 Å². The van der Waals surface area contributed by atoms with Gasteiger partial charge >= 0.3 is 5.97 Å². The molecule has 0 bridgehead atoms. The molecule has 2 rings (SSSR count). The molecule has 0 atom stereocenters. The molecule has 1 aromatic carbocycles. The van der Waals surface area contributed by atoms with Crippen molar-refractivity contribution >= 4 is 27.6 Å². The van der Waals surface area contributed by atoms with Crippen molar-refractivity contribution in [2.24, 2.45) is 5.92 Å². The van der Waals surface area contributed by atoms with Crippen LogP contribution in [-0.4, -0.2) is 37.2 Å². The predicted octanol–water partition coefficient (Wildman–Crippen LogP) is 2.14. The van der Waals surface area contributed by atoms with Gasteiger partial charge in [0.1, 0.15) is 5.75 Å². The highest BCUT2D eigenvalue weighted by molar-refractivity contribution is 7.90. The van der Waals surface area contributed by atoms with E-state index in [1.165, 1.54) is 0 Å². The first-order chi connectivity index (χ1) is 12.2. The minimum absolute atomic E-state index is 0.00426. The molecule has 0 spiro atoms. The van der Waals surface area contributed by atoms with Gasteiger partial charge in [0, 0.05) is 18.2 Å². The number of carbonyl (C=O) groups is 2. The quantitative estimate of drug-likeness (QED) is 0.638. The fraction of sp³-hybridized carbons (Fsp3) is 0.556. The summed E-state index contributed by atoms with van der Waals surface area (Å²) in [6, 6.07) is 6.67. The van der Waals surface area contributed by atoms with Crippen LogP contribution in [-0.2, 0) is 26.0 Å². The number of aliphatic carboxylic acids is 1. The highest BCUT2D eigenvalue weighted by atomic mass is 32.2. The molecule has 0 aromatic heterocycles. The third-order valence-corrected chi connectivity index (χ3v) is 5.86. The van der Waals surface area contributed by atoms with Crippen LogP contribution in [0.2, 0.25) is 0 Å².